The zero-order chi connectivity index (χ0) is 13.5. The van der Waals surface area contributed by atoms with Gasteiger partial charge in [-0.1, -0.05) is 6.07 Å². The predicted octanol–water partition coefficient (Wildman–Crippen LogP) is 1.59. The fraction of sp³-hybridized carbons (Fsp3) is 0.333. The lowest BCUT2D eigenvalue weighted by atomic mass is 10.1. The molecular formula is C12H15FN2O3. The number of hydrogen-bond acceptors (Lipinski definition) is 3. The number of carbonyl (C=O) groups is 2. The van der Waals surface area contributed by atoms with Gasteiger partial charge in [0.1, 0.15) is 5.82 Å². The molecular weight excluding hydrogens is 239 g/mol. The van der Waals surface area contributed by atoms with Crippen molar-refractivity contribution < 1.29 is 19.1 Å². The van der Waals surface area contributed by atoms with Gasteiger partial charge < -0.3 is 16.2 Å². The number of primary amides is 1. The summed E-state index contributed by atoms with van der Waals surface area (Å²) < 4.78 is 13.4. The average molecular weight is 254 g/mol. The van der Waals surface area contributed by atoms with Gasteiger partial charge in [-0.15, -0.1) is 0 Å². The van der Waals surface area contributed by atoms with Crippen molar-refractivity contribution in [2.24, 2.45) is 5.73 Å². The second kappa shape index (κ2) is 6.58. The number of amides is 1. The number of unbranched alkanes of at least 4 members (excludes halogenated alkanes) is 1. The van der Waals surface area contributed by atoms with Crippen LogP contribution in [0.1, 0.15) is 29.6 Å². The van der Waals surface area contributed by atoms with Crippen LogP contribution >= 0.6 is 0 Å². The van der Waals surface area contributed by atoms with E-state index in [2.05, 4.69) is 5.32 Å². The Bertz CT molecular complexity index is 449. The van der Waals surface area contributed by atoms with Gasteiger partial charge in [0.15, 0.2) is 0 Å². The molecule has 0 aliphatic carbocycles. The fourth-order valence-electron chi connectivity index (χ4n) is 1.52. The molecule has 0 bridgehead atoms. The Morgan fingerprint density at radius 2 is 2.06 bits per heavy atom. The number of nitrogens with two attached hydrogens (primary N) is 1. The van der Waals surface area contributed by atoms with E-state index >= 15 is 0 Å². The predicted molar refractivity (Wildman–Crippen MR) is 64.9 cm³/mol. The molecule has 4 N–H and O–H groups in total. The van der Waals surface area contributed by atoms with Crippen LogP contribution in [0.15, 0.2) is 18.2 Å². The number of halogens is 1. The maximum absolute atomic E-state index is 13.4. The number of hydrogen-bond donors (Lipinski definition) is 3. The highest BCUT2D eigenvalue weighted by Gasteiger charge is 2.13. The summed E-state index contributed by atoms with van der Waals surface area (Å²) in [6.45, 7) is 0.383. The number of rotatable bonds is 7. The number of carbonyl (C=O) groups excluding carboxylic acids is 1. The van der Waals surface area contributed by atoms with Crippen LogP contribution in [0.4, 0.5) is 10.1 Å². The van der Waals surface area contributed by atoms with Crippen molar-refractivity contribution in [3.05, 3.63) is 29.6 Å². The SMILES string of the molecule is NC(=O)CCCCNc1c(F)cccc1C(=O)O. The average Bonchev–Trinajstić information content (AvgIpc) is 2.29. The first-order chi connectivity index (χ1) is 8.52. The highest BCUT2D eigenvalue weighted by Crippen LogP contribution is 2.19. The number of carboxylic acid groups (broad SMARTS) is 1. The lowest BCUT2D eigenvalue weighted by Crippen LogP contribution is -2.12. The lowest BCUT2D eigenvalue weighted by molar-refractivity contribution is -0.118. The van der Waals surface area contributed by atoms with Crippen molar-refractivity contribution in [3.8, 4) is 0 Å². The van der Waals surface area contributed by atoms with Crippen LogP contribution in [0.3, 0.4) is 0 Å². The van der Waals surface area contributed by atoms with Crippen molar-refractivity contribution in [3.63, 3.8) is 0 Å². The zero-order valence-electron chi connectivity index (χ0n) is 9.78. The minimum absolute atomic E-state index is 0.0240. The van der Waals surface area contributed by atoms with Gasteiger partial charge in [0, 0.05) is 13.0 Å². The number of para-hydroxylation sites is 1. The normalized spacial score (nSPS) is 10.1. The Labute approximate surface area is 104 Å². The van der Waals surface area contributed by atoms with Gasteiger partial charge in [0.05, 0.1) is 11.3 Å². The first kappa shape index (κ1) is 14.0. The summed E-state index contributed by atoms with van der Waals surface area (Å²) in [6, 6.07) is 3.87. The molecule has 0 saturated carbocycles. The maximum atomic E-state index is 13.4. The third kappa shape index (κ3) is 4.04. The number of anilines is 1. The highest BCUT2D eigenvalue weighted by atomic mass is 19.1. The molecule has 0 atom stereocenters. The third-order valence-electron chi connectivity index (χ3n) is 2.40. The first-order valence-electron chi connectivity index (χ1n) is 5.56. The van der Waals surface area contributed by atoms with Crippen molar-refractivity contribution in [1.29, 1.82) is 0 Å². The molecule has 1 rings (SSSR count). The highest BCUT2D eigenvalue weighted by molar-refractivity contribution is 5.94. The molecule has 0 aliphatic rings. The minimum atomic E-state index is -1.19. The lowest BCUT2D eigenvalue weighted by Gasteiger charge is -2.10. The smallest absolute Gasteiger partial charge is 0.337 e. The third-order valence-corrected chi connectivity index (χ3v) is 2.40. The fourth-order valence-corrected chi connectivity index (χ4v) is 1.52. The van der Waals surface area contributed by atoms with Crippen LogP contribution in [0.2, 0.25) is 0 Å². The quantitative estimate of drug-likeness (QED) is 0.644. The summed E-state index contributed by atoms with van der Waals surface area (Å²) in [7, 11) is 0. The van der Waals surface area contributed by atoms with Gasteiger partial charge >= 0.3 is 5.97 Å². The van der Waals surface area contributed by atoms with E-state index in [1.165, 1.54) is 18.2 Å². The summed E-state index contributed by atoms with van der Waals surface area (Å²) in [5, 5.41) is 11.6. The Balaban J connectivity index is 2.56. The number of carboxylic acids is 1. The van der Waals surface area contributed by atoms with Crippen LogP contribution in [-0.4, -0.2) is 23.5 Å². The summed E-state index contributed by atoms with van der Waals surface area (Å²) in [6.07, 6.45) is 1.46. The van der Waals surface area contributed by atoms with E-state index in [0.29, 0.717) is 19.4 Å². The van der Waals surface area contributed by atoms with Crippen LogP contribution in [0.25, 0.3) is 0 Å². The Morgan fingerprint density at radius 3 is 2.67 bits per heavy atom. The van der Waals surface area contributed by atoms with Crippen LogP contribution < -0.4 is 11.1 Å². The molecule has 18 heavy (non-hydrogen) atoms. The number of nitrogens with one attached hydrogen (secondary N) is 1. The van der Waals surface area contributed by atoms with Gasteiger partial charge in [-0.3, -0.25) is 4.79 Å². The number of aromatic carboxylic acids is 1. The second-order valence-corrected chi connectivity index (χ2v) is 3.82. The maximum Gasteiger partial charge on any atom is 0.337 e. The first-order valence-corrected chi connectivity index (χ1v) is 5.56. The molecule has 0 saturated heterocycles. The summed E-state index contributed by atoms with van der Waals surface area (Å²) >= 11 is 0. The molecule has 1 amide bonds. The molecule has 6 heteroatoms. The van der Waals surface area contributed by atoms with E-state index in [9.17, 15) is 14.0 Å². The minimum Gasteiger partial charge on any atom is -0.478 e. The molecule has 0 aliphatic heterocycles. The van der Waals surface area contributed by atoms with Crippen LogP contribution in [0.5, 0.6) is 0 Å². The summed E-state index contributed by atoms with van der Waals surface area (Å²) in [4.78, 5) is 21.4. The molecule has 5 nitrogen and oxygen atoms in total. The Kier molecular flexibility index (Phi) is 5.10. The van der Waals surface area contributed by atoms with E-state index in [-0.39, 0.29) is 23.6 Å². The van der Waals surface area contributed by atoms with Gasteiger partial charge in [-0.05, 0) is 25.0 Å². The van der Waals surface area contributed by atoms with Crippen LogP contribution in [0, 0.1) is 5.82 Å². The van der Waals surface area contributed by atoms with Crippen molar-refractivity contribution in [1.82, 2.24) is 0 Å². The van der Waals surface area contributed by atoms with Gasteiger partial charge in [-0.2, -0.15) is 0 Å². The molecule has 0 fully saturated rings. The van der Waals surface area contributed by atoms with Crippen molar-refractivity contribution in [2.75, 3.05) is 11.9 Å². The largest absolute Gasteiger partial charge is 0.478 e. The van der Waals surface area contributed by atoms with Gasteiger partial charge in [0.25, 0.3) is 0 Å². The molecule has 0 heterocycles. The molecule has 1 aromatic carbocycles. The molecule has 0 radical (unpaired) electrons. The van der Waals surface area contributed by atoms with E-state index in [1.807, 2.05) is 0 Å². The summed E-state index contributed by atoms with van der Waals surface area (Å²) in [5.74, 6) is -2.17. The van der Waals surface area contributed by atoms with Crippen molar-refractivity contribution >= 4 is 17.6 Å². The summed E-state index contributed by atoms with van der Waals surface area (Å²) in [5.41, 5.74) is 4.85. The van der Waals surface area contributed by atoms with Crippen LogP contribution in [-0.2, 0) is 4.79 Å². The second-order valence-electron chi connectivity index (χ2n) is 3.82. The van der Waals surface area contributed by atoms with E-state index < -0.39 is 11.8 Å². The van der Waals surface area contributed by atoms with Gasteiger partial charge in [0.2, 0.25) is 5.91 Å². The van der Waals surface area contributed by atoms with E-state index in [0.717, 1.165) is 0 Å². The Hall–Kier alpha value is -2.11. The molecule has 0 unspecified atom stereocenters. The van der Waals surface area contributed by atoms with E-state index in [1.54, 1.807) is 0 Å². The molecule has 0 spiro atoms. The molecule has 98 valence electrons. The van der Waals surface area contributed by atoms with Gasteiger partial charge in [-0.25, -0.2) is 9.18 Å². The number of benzene rings is 1. The molecule has 1 aromatic rings. The standard InChI is InChI=1S/C12H15FN2O3/c13-9-5-3-4-8(12(17)18)11(9)15-7-2-1-6-10(14)16/h3-5,15H,1-2,6-7H2,(H2,14,16)(H,17,18). The monoisotopic (exact) mass is 254 g/mol. The topological polar surface area (TPSA) is 92.4 Å². The molecule has 0 aromatic heterocycles. The van der Waals surface area contributed by atoms with Crippen molar-refractivity contribution in [2.45, 2.75) is 19.3 Å². The zero-order valence-corrected chi connectivity index (χ0v) is 9.78. The Morgan fingerprint density at radius 1 is 1.33 bits per heavy atom. The van der Waals surface area contributed by atoms with E-state index in [4.69, 9.17) is 10.8 Å².